The third-order valence-corrected chi connectivity index (χ3v) is 5.69. The molecule has 1 rings (SSSR count). The number of halogens is 4. The summed E-state index contributed by atoms with van der Waals surface area (Å²) in [5.74, 6) is -0.411. The summed E-state index contributed by atoms with van der Waals surface area (Å²) in [7, 11) is -3.56. The third-order valence-electron chi connectivity index (χ3n) is 3.24. The van der Waals surface area contributed by atoms with Crippen LogP contribution in [-0.4, -0.2) is 42.6 Å². The van der Waals surface area contributed by atoms with Crippen molar-refractivity contribution in [2.75, 3.05) is 17.6 Å². The van der Waals surface area contributed by atoms with Gasteiger partial charge in [0.1, 0.15) is 0 Å². The number of nitrogens with zero attached hydrogens (tertiary/aromatic N) is 1. The first-order chi connectivity index (χ1) is 8.76. The topological polar surface area (TPSA) is 37.4 Å². The lowest BCUT2D eigenvalue weighted by Gasteiger charge is -2.34. The van der Waals surface area contributed by atoms with Crippen LogP contribution in [-0.2, 0) is 10.0 Å². The molecule has 0 amide bonds. The molecule has 1 aliphatic heterocycles. The molecule has 1 unspecified atom stereocenters. The first kappa shape index (κ1) is 17.2. The molecule has 1 atom stereocenters. The van der Waals surface area contributed by atoms with Crippen LogP contribution < -0.4 is 0 Å². The minimum absolute atomic E-state index is 0.0657. The van der Waals surface area contributed by atoms with Gasteiger partial charge in [-0.1, -0.05) is 22.4 Å². The molecule has 19 heavy (non-hydrogen) atoms. The Hall–Kier alpha value is 0.180. The van der Waals surface area contributed by atoms with Crippen LogP contribution in [0, 0.1) is 0 Å². The molecule has 3 nitrogen and oxygen atoms in total. The Morgan fingerprint density at radius 2 is 1.95 bits per heavy atom. The summed E-state index contributed by atoms with van der Waals surface area (Å²) < 4.78 is 61.8. The highest BCUT2D eigenvalue weighted by Gasteiger charge is 2.33. The van der Waals surface area contributed by atoms with Crippen LogP contribution in [0.3, 0.4) is 0 Å². The SMILES string of the molecule is O=S(=O)(CCCC(F)(F)F)N1CCCCC1CCBr. The number of hydrogen-bond donors (Lipinski definition) is 0. The van der Waals surface area contributed by atoms with E-state index in [4.69, 9.17) is 0 Å². The number of piperidine rings is 1. The van der Waals surface area contributed by atoms with Crippen LogP contribution in [0.25, 0.3) is 0 Å². The van der Waals surface area contributed by atoms with Crippen LogP contribution in [0.1, 0.15) is 38.5 Å². The van der Waals surface area contributed by atoms with E-state index >= 15 is 0 Å². The van der Waals surface area contributed by atoms with E-state index in [9.17, 15) is 21.6 Å². The number of sulfonamides is 1. The van der Waals surface area contributed by atoms with Gasteiger partial charge in [-0.25, -0.2) is 8.42 Å². The Morgan fingerprint density at radius 1 is 1.26 bits per heavy atom. The normalized spacial score (nSPS) is 22.6. The minimum atomic E-state index is -4.29. The van der Waals surface area contributed by atoms with Gasteiger partial charge >= 0.3 is 6.18 Å². The van der Waals surface area contributed by atoms with Gasteiger partial charge in [0.2, 0.25) is 10.0 Å². The minimum Gasteiger partial charge on any atom is -0.212 e. The van der Waals surface area contributed by atoms with Crippen LogP contribution >= 0.6 is 15.9 Å². The molecule has 0 aromatic heterocycles. The van der Waals surface area contributed by atoms with Gasteiger partial charge in [-0.05, 0) is 25.7 Å². The van der Waals surface area contributed by atoms with Crippen molar-refractivity contribution in [1.82, 2.24) is 4.31 Å². The van der Waals surface area contributed by atoms with Crippen molar-refractivity contribution >= 4 is 26.0 Å². The first-order valence-electron chi connectivity index (χ1n) is 6.38. The van der Waals surface area contributed by atoms with E-state index in [1.807, 2.05) is 0 Å². The highest BCUT2D eigenvalue weighted by atomic mass is 79.9. The predicted octanol–water partition coefficient (Wildman–Crippen LogP) is 3.30. The van der Waals surface area contributed by atoms with Gasteiger partial charge in [-0.3, -0.25) is 0 Å². The maximum Gasteiger partial charge on any atom is 0.389 e. The number of hydrogen-bond acceptors (Lipinski definition) is 2. The summed E-state index contributed by atoms with van der Waals surface area (Å²) >= 11 is 3.29. The third kappa shape index (κ3) is 5.99. The lowest BCUT2D eigenvalue weighted by atomic mass is 10.0. The molecule has 0 aromatic rings. The van der Waals surface area contributed by atoms with Gasteiger partial charge in [-0.15, -0.1) is 0 Å². The molecule has 0 spiro atoms. The Kier molecular flexibility index (Phi) is 6.59. The molecule has 8 heteroatoms. The van der Waals surface area contributed by atoms with Crippen molar-refractivity contribution in [2.45, 2.75) is 50.7 Å². The van der Waals surface area contributed by atoms with Gasteiger partial charge in [-0.2, -0.15) is 17.5 Å². The van der Waals surface area contributed by atoms with Crippen LogP contribution in [0.15, 0.2) is 0 Å². The monoisotopic (exact) mass is 365 g/mol. The van der Waals surface area contributed by atoms with E-state index in [-0.39, 0.29) is 12.5 Å². The van der Waals surface area contributed by atoms with Crippen molar-refractivity contribution in [2.24, 2.45) is 0 Å². The second kappa shape index (κ2) is 7.26. The molecular weight excluding hydrogens is 347 g/mol. The van der Waals surface area contributed by atoms with E-state index in [0.29, 0.717) is 18.3 Å². The van der Waals surface area contributed by atoms with Gasteiger partial charge < -0.3 is 0 Å². The Labute approximate surface area is 120 Å². The van der Waals surface area contributed by atoms with E-state index in [1.165, 1.54) is 4.31 Å². The highest BCUT2D eigenvalue weighted by Crippen LogP contribution is 2.26. The standard InChI is InChI=1S/C11H19BrF3NO2S/c12-7-5-10-4-1-2-8-16(10)19(17,18)9-3-6-11(13,14)15/h10H,1-9H2. The molecular formula is C11H19BrF3NO2S. The molecule has 1 saturated heterocycles. The van der Waals surface area contributed by atoms with E-state index in [2.05, 4.69) is 15.9 Å². The average molecular weight is 366 g/mol. The fourth-order valence-corrected chi connectivity index (χ4v) is 4.67. The molecule has 0 aliphatic carbocycles. The summed E-state index contributed by atoms with van der Waals surface area (Å²) in [5, 5.41) is 0.701. The van der Waals surface area contributed by atoms with Gasteiger partial charge in [0.25, 0.3) is 0 Å². The summed E-state index contributed by atoms with van der Waals surface area (Å²) in [6, 6.07) is -0.0657. The second-order valence-corrected chi connectivity index (χ2v) is 7.61. The average Bonchev–Trinajstić information content (AvgIpc) is 2.28. The zero-order valence-electron chi connectivity index (χ0n) is 10.6. The largest absolute Gasteiger partial charge is 0.389 e. The van der Waals surface area contributed by atoms with Crippen molar-refractivity contribution in [3.8, 4) is 0 Å². The lowest BCUT2D eigenvalue weighted by molar-refractivity contribution is -0.134. The molecule has 0 aromatic carbocycles. The Morgan fingerprint density at radius 3 is 2.53 bits per heavy atom. The molecule has 0 N–H and O–H groups in total. The van der Waals surface area contributed by atoms with E-state index in [1.54, 1.807) is 0 Å². The second-order valence-electron chi connectivity index (χ2n) is 4.77. The zero-order valence-corrected chi connectivity index (χ0v) is 13.0. The van der Waals surface area contributed by atoms with Gasteiger partial charge in [0.05, 0.1) is 5.75 Å². The molecule has 0 saturated carbocycles. The van der Waals surface area contributed by atoms with Crippen molar-refractivity contribution in [3.63, 3.8) is 0 Å². The summed E-state index contributed by atoms with van der Waals surface area (Å²) in [6.45, 7) is 0.437. The Balaban J connectivity index is 2.58. The fraction of sp³-hybridized carbons (Fsp3) is 1.00. The summed E-state index contributed by atoms with van der Waals surface area (Å²) in [6.07, 6.45) is -2.41. The van der Waals surface area contributed by atoms with Crippen molar-refractivity contribution in [3.05, 3.63) is 0 Å². The van der Waals surface area contributed by atoms with Crippen molar-refractivity contribution in [1.29, 1.82) is 0 Å². The van der Waals surface area contributed by atoms with Crippen LogP contribution in [0.5, 0.6) is 0 Å². The maximum atomic E-state index is 12.1. The summed E-state index contributed by atoms with van der Waals surface area (Å²) in [5.41, 5.74) is 0. The first-order valence-corrected chi connectivity index (χ1v) is 9.11. The number of alkyl halides is 4. The highest BCUT2D eigenvalue weighted by molar-refractivity contribution is 9.09. The molecule has 114 valence electrons. The van der Waals surface area contributed by atoms with Crippen LogP contribution in [0.4, 0.5) is 13.2 Å². The van der Waals surface area contributed by atoms with Gasteiger partial charge in [0.15, 0.2) is 0 Å². The van der Waals surface area contributed by atoms with E-state index < -0.39 is 28.4 Å². The Bertz CT molecular complexity index is 371. The molecule has 0 radical (unpaired) electrons. The van der Waals surface area contributed by atoms with Gasteiger partial charge in [0, 0.05) is 24.3 Å². The number of rotatable bonds is 6. The van der Waals surface area contributed by atoms with E-state index in [0.717, 1.165) is 19.3 Å². The molecule has 0 bridgehead atoms. The quantitative estimate of drug-likeness (QED) is 0.677. The maximum absolute atomic E-state index is 12.1. The molecule has 1 fully saturated rings. The van der Waals surface area contributed by atoms with Crippen molar-refractivity contribution < 1.29 is 21.6 Å². The molecule has 1 heterocycles. The van der Waals surface area contributed by atoms with Crippen LogP contribution in [0.2, 0.25) is 0 Å². The molecule has 1 aliphatic rings. The predicted molar refractivity (Wildman–Crippen MR) is 71.8 cm³/mol. The summed E-state index contributed by atoms with van der Waals surface area (Å²) in [4.78, 5) is 0. The smallest absolute Gasteiger partial charge is 0.212 e. The zero-order chi connectivity index (χ0) is 14.5. The fourth-order valence-electron chi connectivity index (χ4n) is 2.33. The lowest BCUT2D eigenvalue weighted by Crippen LogP contribution is -2.45.